The Morgan fingerprint density at radius 3 is 2.52 bits per heavy atom. The van der Waals surface area contributed by atoms with Crippen LogP contribution in [0.2, 0.25) is 5.02 Å². The summed E-state index contributed by atoms with van der Waals surface area (Å²) in [6.45, 7) is 20.1. The van der Waals surface area contributed by atoms with Gasteiger partial charge in [0.05, 0.1) is 10.7 Å². The molecule has 0 aromatic heterocycles. The van der Waals surface area contributed by atoms with Gasteiger partial charge in [-0.1, -0.05) is 87.4 Å². The molecule has 0 spiro atoms. The lowest BCUT2D eigenvalue weighted by atomic mass is 9.75. The maximum Gasteiger partial charge on any atom is 0.0672 e. The van der Waals surface area contributed by atoms with E-state index in [9.17, 15) is 0 Å². The van der Waals surface area contributed by atoms with Gasteiger partial charge in [-0.25, -0.2) is 0 Å². The highest BCUT2D eigenvalue weighted by Gasteiger charge is 2.25. The zero-order valence-corrected chi connectivity index (χ0v) is 22.5. The van der Waals surface area contributed by atoms with E-state index < -0.39 is 0 Å². The average Bonchev–Trinajstić information content (AvgIpc) is 2.78. The van der Waals surface area contributed by atoms with Crippen molar-refractivity contribution >= 4 is 17.3 Å². The van der Waals surface area contributed by atoms with Gasteiger partial charge in [-0.3, -0.25) is 0 Å². The van der Waals surface area contributed by atoms with Crippen LogP contribution in [0.25, 0.3) is 0 Å². The van der Waals surface area contributed by atoms with Crippen LogP contribution in [-0.4, -0.2) is 13.1 Å². The quantitative estimate of drug-likeness (QED) is 0.419. The van der Waals surface area contributed by atoms with Crippen molar-refractivity contribution in [3.8, 4) is 0 Å². The molecule has 0 amide bonds. The summed E-state index contributed by atoms with van der Waals surface area (Å²) in [5.74, 6) is 1.62. The van der Waals surface area contributed by atoms with E-state index in [1.165, 1.54) is 16.7 Å². The molecule has 4 atom stereocenters. The molecule has 2 nitrogen and oxygen atoms in total. The molecule has 0 radical (unpaired) electrons. The SMILES string of the molecule is C=C1CCC(=C)N(C)c2cc(cc(C)c2Cl)C/C(C)=C/C=C/CC(N)CC(CC)C(C)C1C. The summed E-state index contributed by atoms with van der Waals surface area (Å²) in [5.41, 5.74) is 13.6. The summed E-state index contributed by atoms with van der Waals surface area (Å²) in [7, 11) is 2.07. The Bertz CT molecular complexity index is 895. The van der Waals surface area contributed by atoms with Gasteiger partial charge < -0.3 is 10.6 Å². The topological polar surface area (TPSA) is 29.3 Å². The molecule has 182 valence electrons. The number of fused-ring (bicyclic) bond motifs is 2. The number of aryl methyl sites for hydroxylation is 1. The zero-order valence-electron chi connectivity index (χ0n) is 21.8. The van der Waals surface area contributed by atoms with Gasteiger partial charge in [-0.2, -0.15) is 0 Å². The Kier molecular flexibility index (Phi) is 10.5. The fourth-order valence-electron chi connectivity index (χ4n) is 4.93. The maximum atomic E-state index is 6.73. The molecule has 0 aliphatic carbocycles. The van der Waals surface area contributed by atoms with Gasteiger partial charge in [0.1, 0.15) is 0 Å². The third-order valence-electron chi connectivity index (χ3n) is 7.61. The van der Waals surface area contributed by atoms with Crippen LogP contribution in [0, 0.1) is 24.7 Å². The number of hydrogen-bond donors (Lipinski definition) is 1. The van der Waals surface area contributed by atoms with Gasteiger partial charge >= 0.3 is 0 Å². The second kappa shape index (κ2) is 12.6. The second-order valence-electron chi connectivity index (χ2n) is 10.2. The van der Waals surface area contributed by atoms with Crippen molar-refractivity contribution in [2.45, 2.75) is 79.2 Å². The summed E-state index contributed by atoms with van der Waals surface area (Å²) >= 11 is 6.73. The van der Waals surface area contributed by atoms with E-state index in [2.05, 4.69) is 90.1 Å². The van der Waals surface area contributed by atoms with E-state index in [4.69, 9.17) is 17.3 Å². The number of halogens is 1. The van der Waals surface area contributed by atoms with Gasteiger partial charge in [0.25, 0.3) is 0 Å². The molecule has 2 bridgehead atoms. The lowest BCUT2D eigenvalue weighted by molar-refractivity contribution is 0.248. The van der Waals surface area contributed by atoms with E-state index in [0.29, 0.717) is 17.8 Å². The van der Waals surface area contributed by atoms with Crippen LogP contribution in [0.4, 0.5) is 5.69 Å². The molecule has 2 rings (SSSR count). The van der Waals surface area contributed by atoms with Crippen LogP contribution in [0.15, 0.2) is 60.4 Å². The number of benzene rings is 1. The molecule has 1 aromatic carbocycles. The predicted molar refractivity (Wildman–Crippen MR) is 148 cm³/mol. The smallest absolute Gasteiger partial charge is 0.0672 e. The number of nitrogens with two attached hydrogens (primary N) is 1. The first-order valence-corrected chi connectivity index (χ1v) is 12.9. The predicted octanol–water partition coefficient (Wildman–Crippen LogP) is 8.40. The second-order valence-corrected chi connectivity index (χ2v) is 10.6. The molecule has 1 aliphatic rings. The number of allylic oxidation sites excluding steroid dienone is 5. The van der Waals surface area contributed by atoms with E-state index in [1.807, 2.05) is 0 Å². The molecule has 33 heavy (non-hydrogen) atoms. The number of anilines is 1. The largest absolute Gasteiger partial charge is 0.348 e. The van der Waals surface area contributed by atoms with Crippen molar-refractivity contribution in [1.82, 2.24) is 0 Å². The number of nitrogens with zero attached hydrogens (tertiary/aromatic N) is 1. The molecular formula is C30H45ClN2. The van der Waals surface area contributed by atoms with Gasteiger partial charge in [-0.05, 0) is 80.9 Å². The first kappa shape index (κ1) is 27.5. The minimum Gasteiger partial charge on any atom is -0.348 e. The summed E-state index contributed by atoms with van der Waals surface area (Å²) in [5, 5.41) is 0.801. The number of hydrogen-bond acceptors (Lipinski definition) is 2. The molecule has 4 unspecified atom stereocenters. The monoisotopic (exact) mass is 468 g/mol. The molecule has 1 heterocycles. The molecular weight excluding hydrogens is 424 g/mol. The van der Waals surface area contributed by atoms with E-state index in [-0.39, 0.29) is 6.04 Å². The lowest BCUT2D eigenvalue weighted by Gasteiger charge is -2.32. The summed E-state index contributed by atoms with van der Waals surface area (Å²) in [6, 6.07) is 4.59. The molecule has 3 heteroatoms. The van der Waals surface area contributed by atoms with Crippen molar-refractivity contribution in [2.75, 3.05) is 11.9 Å². The molecule has 2 N–H and O–H groups in total. The van der Waals surface area contributed by atoms with Gasteiger partial charge in [0.15, 0.2) is 0 Å². The highest BCUT2D eigenvalue weighted by molar-refractivity contribution is 6.34. The van der Waals surface area contributed by atoms with E-state index >= 15 is 0 Å². The van der Waals surface area contributed by atoms with Crippen molar-refractivity contribution in [1.29, 1.82) is 0 Å². The molecule has 0 fully saturated rings. The van der Waals surface area contributed by atoms with Crippen LogP contribution in [0.3, 0.4) is 0 Å². The van der Waals surface area contributed by atoms with Crippen molar-refractivity contribution < 1.29 is 0 Å². The Morgan fingerprint density at radius 1 is 1.15 bits per heavy atom. The van der Waals surface area contributed by atoms with Crippen LogP contribution in [-0.2, 0) is 6.42 Å². The molecule has 0 saturated carbocycles. The molecule has 0 saturated heterocycles. The standard InChI is InChI=1S/C30H45ClN2/c1-9-27-19-28(32)13-11-10-12-20(2)16-26-17-22(4)30(31)29(18-26)33(8)23(5)15-14-21(3)24(6)25(27)7/h10-12,17-18,24-25,27-28H,3,5,9,13-16,19,32H2,1-2,4,6-8H3/b11-10+,20-12+. The maximum absolute atomic E-state index is 6.73. The summed E-state index contributed by atoms with van der Waals surface area (Å²) in [6.07, 6.45) is 12.4. The van der Waals surface area contributed by atoms with Crippen LogP contribution in [0.5, 0.6) is 0 Å². The first-order chi connectivity index (χ1) is 15.5. The van der Waals surface area contributed by atoms with Gasteiger partial charge in [0.2, 0.25) is 0 Å². The van der Waals surface area contributed by atoms with Crippen molar-refractivity contribution in [3.05, 3.63) is 76.5 Å². The Balaban J connectivity index is 2.38. The fourth-order valence-corrected chi connectivity index (χ4v) is 5.16. The van der Waals surface area contributed by atoms with Gasteiger partial charge in [0, 0.05) is 18.8 Å². The van der Waals surface area contributed by atoms with E-state index in [1.54, 1.807) is 0 Å². The Hall–Kier alpha value is -1.77. The Labute approximate surface area is 208 Å². The van der Waals surface area contributed by atoms with Crippen molar-refractivity contribution in [2.24, 2.45) is 23.5 Å². The molecule has 1 aliphatic heterocycles. The van der Waals surface area contributed by atoms with E-state index in [0.717, 1.165) is 60.5 Å². The minimum absolute atomic E-state index is 0.194. The average molecular weight is 469 g/mol. The highest BCUT2D eigenvalue weighted by Crippen LogP contribution is 2.36. The lowest BCUT2D eigenvalue weighted by Crippen LogP contribution is -2.28. The first-order valence-electron chi connectivity index (χ1n) is 12.5. The summed E-state index contributed by atoms with van der Waals surface area (Å²) < 4.78 is 0. The fraction of sp³-hybridized carbons (Fsp3) is 0.533. The zero-order chi connectivity index (χ0) is 24.7. The van der Waals surface area contributed by atoms with Gasteiger partial charge in [-0.15, -0.1) is 0 Å². The summed E-state index contributed by atoms with van der Waals surface area (Å²) in [4.78, 5) is 2.15. The Morgan fingerprint density at radius 2 is 1.85 bits per heavy atom. The third-order valence-corrected chi connectivity index (χ3v) is 8.10. The van der Waals surface area contributed by atoms with Crippen LogP contribution < -0.4 is 10.6 Å². The third kappa shape index (κ3) is 7.62. The highest BCUT2D eigenvalue weighted by atomic mass is 35.5. The van der Waals surface area contributed by atoms with Crippen LogP contribution in [0.1, 0.15) is 70.9 Å². The minimum atomic E-state index is 0.194. The molecule has 1 aromatic rings. The normalized spacial score (nSPS) is 29.0. The number of rotatable bonds is 1. The van der Waals surface area contributed by atoms with Crippen LogP contribution >= 0.6 is 11.6 Å². The van der Waals surface area contributed by atoms with Crippen molar-refractivity contribution in [3.63, 3.8) is 0 Å².